The number of nitrogens with zero attached hydrogens (tertiary/aromatic N) is 1. The molecule has 0 radical (unpaired) electrons. The van der Waals surface area contributed by atoms with Crippen LogP contribution in [0.4, 0.5) is 0 Å². The first-order chi connectivity index (χ1) is 12.7. The smallest absolute Gasteiger partial charge is 0.264 e. The van der Waals surface area contributed by atoms with Crippen LogP contribution in [0.1, 0.15) is 48.7 Å². The number of thiophene rings is 1. The molecule has 1 fully saturated rings. The Morgan fingerprint density at radius 1 is 1.19 bits per heavy atom. The van der Waals surface area contributed by atoms with E-state index >= 15 is 0 Å². The number of carbonyl (C=O) groups is 1. The third-order valence-electron chi connectivity index (χ3n) is 4.87. The summed E-state index contributed by atoms with van der Waals surface area (Å²) in [7, 11) is 0. The third-order valence-corrected chi connectivity index (χ3v) is 5.99. The molecule has 26 heavy (non-hydrogen) atoms. The normalized spacial score (nSPS) is 14.8. The van der Waals surface area contributed by atoms with E-state index in [4.69, 9.17) is 4.74 Å². The molecular formula is C22H27NO2S. The van der Waals surface area contributed by atoms with Gasteiger partial charge in [-0.3, -0.25) is 4.79 Å². The first-order valence-electron chi connectivity index (χ1n) is 9.48. The van der Waals surface area contributed by atoms with Crippen molar-refractivity contribution in [1.82, 2.24) is 4.90 Å². The Hall–Kier alpha value is -2.07. The van der Waals surface area contributed by atoms with Crippen LogP contribution in [-0.4, -0.2) is 30.0 Å². The number of hydrogen-bond donors (Lipinski definition) is 0. The zero-order valence-corrected chi connectivity index (χ0v) is 16.3. The van der Waals surface area contributed by atoms with Crippen molar-refractivity contribution in [3.8, 4) is 16.2 Å². The molecule has 0 saturated heterocycles. The molecule has 1 heterocycles. The Bertz CT molecular complexity index is 729. The number of hydrogen-bond acceptors (Lipinski definition) is 3. The molecule has 1 aromatic carbocycles. The zero-order valence-electron chi connectivity index (χ0n) is 15.4. The Kier molecular flexibility index (Phi) is 6.51. The maximum atomic E-state index is 13.1. The summed E-state index contributed by atoms with van der Waals surface area (Å²) in [5.41, 5.74) is 1.12. The highest BCUT2D eigenvalue weighted by Gasteiger charge is 2.26. The second kappa shape index (κ2) is 9.04. The maximum Gasteiger partial charge on any atom is 0.264 e. The second-order valence-corrected chi connectivity index (χ2v) is 7.74. The summed E-state index contributed by atoms with van der Waals surface area (Å²) in [6, 6.07) is 12.4. The lowest BCUT2D eigenvalue weighted by Gasteiger charge is -2.33. The summed E-state index contributed by atoms with van der Waals surface area (Å²) in [5, 5.41) is 0. The number of amides is 1. The van der Waals surface area contributed by atoms with E-state index in [-0.39, 0.29) is 5.91 Å². The number of ether oxygens (including phenoxy) is 1. The molecule has 1 aliphatic carbocycles. The molecule has 0 spiro atoms. The predicted molar refractivity (Wildman–Crippen MR) is 109 cm³/mol. The van der Waals surface area contributed by atoms with Gasteiger partial charge in [-0.2, -0.15) is 0 Å². The van der Waals surface area contributed by atoms with Gasteiger partial charge in [-0.15, -0.1) is 17.9 Å². The average Bonchev–Trinajstić information content (AvgIpc) is 3.17. The van der Waals surface area contributed by atoms with Gasteiger partial charge < -0.3 is 9.64 Å². The molecule has 3 rings (SSSR count). The van der Waals surface area contributed by atoms with E-state index in [1.54, 1.807) is 11.3 Å². The van der Waals surface area contributed by atoms with E-state index in [1.807, 2.05) is 54.3 Å². The van der Waals surface area contributed by atoms with Crippen molar-refractivity contribution in [2.45, 2.75) is 45.1 Å². The molecular weight excluding hydrogens is 342 g/mol. The van der Waals surface area contributed by atoms with Crippen LogP contribution in [-0.2, 0) is 0 Å². The Morgan fingerprint density at radius 3 is 2.58 bits per heavy atom. The molecule has 2 aromatic rings. The minimum Gasteiger partial charge on any atom is -0.494 e. The number of rotatable bonds is 7. The summed E-state index contributed by atoms with van der Waals surface area (Å²) in [4.78, 5) is 17.0. The van der Waals surface area contributed by atoms with E-state index in [2.05, 4.69) is 6.58 Å². The van der Waals surface area contributed by atoms with E-state index in [0.29, 0.717) is 19.2 Å². The standard InChI is InChI=1S/C22H27NO2S/c1-3-16-23(18-8-6-5-7-9-18)22(24)21-15-14-20(26-21)17-10-12-19(13-11-17)25-4-2/h3,10-15,18H,1,4-9,16H2,2H3. The lowest BCUT2D eigenvalue weighted by atomic mass is 9.94. The van der Waals surface area contributed by atoms with Gasteiger partial charge in [-0.25, -0.2) is 0 Å². The van der Waals surface area contributed by atoms with Crippen molar-refractivity contribution >= 4 is 17.2 Å². The highest BCUT2D eigenvalue weighted by molar-refractivity contribution is 7.17. The molecule has 0 unspecified atom stereocenters. The van der Waals surface area contributed by atoms with Crippen LogP contribution in [0.25, 0.3) is 10.4 Å². The van der Waals surface area contributed by atoms with Gasteiger partial charge in [-0.1, -0.05) is 25.3 Å². The fourth-order valence-electron chi connectivity index (χ4n) is 3.56. The number of carbonyl (C=O) groups excluding carboxylic acids is 1. The van der Waals surface area contributed by atoms with Gasteiger partial charge in [0, 0.05) is 17.5 Å². The van der Waals surface area contributed by atoms with Crippen LogP contribution in [0.3, 0.4) is 0 Å². The van der Waals surface area contributed by atoms with Crippen LogP contribution >= 0.6 is 11.3 Å². The molecule has 1 aromatic heterocycles. The SMILES string of the molecule is C=CCN(C(=O)c1ccc(-c2ccc(OCC)cc2)s1)C1CCCCC1. The molecule has 0 N–H and O–H groups in total. The summed E-state index contributed by atoms with van der Waals surface area (Å²) < 4.78 is 5.50. The highest BCUT2D eigenvalue weighted by Crippen LogP contribution is 2.31. The van der Waals surface area contributed by atoms with Crippen molar-refractivity contribution < 1.29 is 9.53 Å². The van der Waals surface area contributed by atoms with Gasteiger partial charge in [0.25, 0.3) is 5.91 Å². The Morgan fingerprint density at radius 2 is 1.92 bits per heavy atom. The van der Waals surface area contributed by atoms with Crippen molar-refractivity contribution in [3.63, 3.8) is 0 Å². The molecule has 1 saturated carbocycles. The first kappa shape index (κ1) is 18.7. The molecule has 1 aliphatic rings. The zero-order chi connectivity index (χ0) is 18.4. The van der Waals surface area contributed by atoms with Gasteiger partial charge in [-0.05, 0) is 61.7 Å². The molecule has 0 atom stereocenters. The van der Waals surface area contributed by atoms with Crippen LogP contribution < -0.4 is 4.74 Å². The fraction of sp³-hybridized carbons (Fsp3) is 0.409. The Balaban J connectivity index is 1.76. The van der Waals surface area contributed by atoms with E-state index in [1.165, 1.54) is 19.3 Å². The topological polar surface area (TPSA) is 29.5 Å². The van der Waals surface area contributed by atoms with E-state index in [0.717, 1.165) is 33.9 Å². The van der Waals surface area contributed by atoms with Crippen LogP contribution in [0, 0.1) is 0 Å². The van der Waals surface area contributed by atoms with Crippen LogP contribution in [0.5, 0.6) is 5.75 Å². The molecule has 1 amide bonds. The van der Waals surface area contributed by atoms with E-state index < -0.39 is 0 Å². The second-order valence-electron chi connectivity index (χ2n) is 6.66. The monoisotopic (exact) mass is 369 g/mol. The first-order valence-corrected chi connectivity index (χ1v) is 10.3. The van der Waals surface area contributed by atoms with Gasteiger partial charge in [0.2, 0.25) is 0 Å². The van der Waals surface area contributed by atoms with Crippen LogP contribution in [0.15, 0.2) is 49.1 Å². The van der Waals surface area contributed by atoms with Gasteiger partial charge >= 0.3 is 0 Å². The average molecular weight is 370 g/mol. The third kappa shape index (κ3) is 4.36. The summed E-state index contributed by atoms with van der Waals surface area (Å²) >= 11 is 1.57. The minimum atomic E-state index is 0.138. The summed E-state index contributed by atoms with van der Waals surface area (Å²) in [6.45, 7) is 7.11. The summed E-state index contributed by atoms with van der Waals surface area (Å²) in [6.07, 6.45) is 7.77. The fourth-order valence-corrected chi connectivity index (χ4v) is 4.53. The number of benzene rings is 1. The van der Waals surface area contributed by atoms with Crippen molar-refractivity contribution in [1.29, 1.82) is 0 Å². The maximum absolute atomic E-state index is 13.1. The highest BCUT2D eigenvalue weighted by atomic mass is 32.1. The van der Waals surface area contributed by atoms with Crippen molar-refractivity contribution in [2.75, 3.05) is 13.2 Å². The van der Waals surface area contributed by atoms with Crippen molar-refractivity contribution in [2.24, 2.45) is 0 Å². The molecule has 138 valence electrons. The van der Waals surface area contributed by atoms with Gasteiger partial charge in [0.15, 0.2) is 0 Å². The molecule has 0 aliphatic heterocycles. The van der Waals surface area contributed by atoms with Crippen LogP contribution in [0.2, 0.25) is 0 Å². The minimum absolute atomic E-state index is 0.138. The lowest BCUT2D eigenvalue weighted by Crippen LogP contribution is -2.41. The summed E-state index contributed by atoms with van der Waals surface area (Å²) in [5.74, 6) is 1.01. The van der Waals surface area contributed by atoms with Gasteiger partial charge in [0.05, 0.1) is 11.5 Å². The predicted octanol–water partition coefficient (Wildman–Crippen LogP) is 5.77. The largest absolute Gasteiger partial charge is 0.494 e. The molecule has 3 nitrogen and oxygen atoms in total. The lowest BCUT2D eigenvalue weighted by molar-refractivity contribution is 0.0668. The quantitative estimate of drug-likeness (QED) is 0.579. The Labute approximate surface area is 160 Å². The van der Waals surface area contributed by atoms with Gasteiger partial charge in [0.1, 0.15) is 5.75 Å². The molecule has 0 bridgehead atoms. The van der Waals surface area contributed by atoms with E-state index in [9.17, 15) is 4.79 Å². The van der Waals surface area contributed by atoms with Crippen molar-refractivity contribution in [3.05, 3.63) is 53.9 Å². The molecule has 4 heteroatoms.